The van der Waals surface area contributed by atoms with Gasteiger partial charge < -0.3 is 36.4 Å². The van der Waals surface area contributed by atoms with E-state index in [1.807, 2.05) is 0 Å². The summed E-state index contributed by atoms with van der Waals surface area (Å²) in [6.45, 7) is 4.82. The first-order chi connectivity index (χ1) is 21.1. The van der Waals surface area contributed by atoms with E-state index in [0.717, 1.165) is 17.0 Å². The van der Waals surface area contributed by atoms with E-state index < -0.39 is 83.4 Å². The number of hydrogen-bond donors (Lipinski definition) is 6. The second-order valence-corrected chi connectivity index (χ2v) is 10.7. The summed E-state index contributed by atoms with van der Waals surface area (Å²) in [6, 6.07) is -0.386. The van der Waals surface area contributed by atoms with Crippen LogP contribution in [0, 0.1) is 16.0 Å². The van der Waals surface area contributed by atoms with Crippen LogP contribution in [-0.4, -0.2) is 92.2 Å². The van der Waals surface area contributed by atoms with Crippen molar-refractivity contribution in [2.75, 3.05) is 11.9 Å². The van der Waals surface area contributed by atoms with Crippen LogP contribution in [0.4, 0.5) is 11.4 Å². The molecule has 1 fully saturated rings. The number of nitro benzene ring substituents is 1. The van der Waals surface area contributed by atoms with Gasteiger partial charge in [0.25, 0.3) is 5.69 Å². The highest BCUT2D eigenvalue weighted by molar-refractivity contribution is 6.00. The minimum absolute atomic E-state index is 0.0649. The highest BCUT2D eigenvalue weighted by atomic mass is 16.6. The summed E-state index contributed by atoms with van der Waals surface area (Å²) in [5.41, 5.74) is -0.127. The number of carboxylic acid groups (broad SMARTS) is 2. The number of nitro groups is 1. The first kappa shape index (κ1) is 36.1. The second-order valence-electron chi connectivity index (χ2n) is 10.7. The molecule has 1 heterocycles. The fourth-order valence-electron chi connectivity index (χ4n) is 4.76. The molecule has 17 heteroatoms. The Labute approximate surface area is 258 Å². The quantitative estimate of drug-likeness (QED) is 0.107. The predicted molar refractivity (Wildman–Crippen MR) is 157 cm³/mol. The molecule has 45 heavy (non-hydrogen) atoms. The maximum atomic E-state index is 13.6. The Morgan fingerprint density at radius 2 is 1.62 bits per heavy atom. The van der Waals surface area contributed by atoms with Crippen LogP contribution in [-0.2, 0) is 33.6 Å². The Kier molecular flexibility index (Phi) is 13.4. The predicted octanol–water partition coefficient (Wildman–Crippen LogP) is 0.384. The molecule has 1 aliphatic rings. The number of benzene rings is 1. The molecule has 2 rings (SSSR count). The topological polar surface area (TPSA) is 254 Å². The monoisotopic (exact) mass is 634 g/mol. The molecule has 0 unspecified atom stereocenters. The molecule has 0 radical (unpaired) electrons. The number of likely N-dealkylation sites (tertiary alicyclic amines) is 1. The summed E-state index contributed by atoms with van der Waals surface area (Å²) in [5.74, 6) is -6.66. The summed E-state index contributed by atoms with van der Waals surface area (Å²) < 4.78 is 0. The van der Waals surface area contributed by atoms with Crippen molar-refractivity contribution in [3.05, 3.63) is 34.4 Å². The largest absolute Gasteiger partial charge is 0.481 e. The normalized spacial score (nSPS) is 16.8. The van der Waals surface area contributed by atoms with Crippen LogP contribution in [0.3, 0.4) is 0 Å². The zero-order valence-electron chi connectivity index (χ0n) is 25.1. The van der Waals surface area contributed by atoms with Gasteiger partial charge in [-0.15, -0.1) is 0 Å². The maximum absolute atomic E-state index is 13.6. The molecule has 1 aromatic carbocycles. The third kappa shape index (κ3) is 10.8. The van der Waals surface area contributed by atoms with Crippen LogP contribution < -0.4 is 21.3 Å². The average molecular weight is 635 g/mol. The zero-order valence-corrected chi connectivity index (χ0v) is 25.1. The fraction of sp³-hybridized carbons (Fsp3) is 0.536. The number of nitrogens with zero attached hydrogens (tertiary/aromatic N) is 2. The van der Waals surface area contributed by atoms with Gasteiger partial charge in [-0.25, -0.2) is 0 Å². The van der Waals surface area contributed by atoms with Gasteiger partial charge in [-0.05, 0) is 37.3 Å². The number of carbonyl (C=O) groups excluding carboxylic acids is 5. The number of carbonyl (C=O) groups is 7. The van der Waals surface area contributed by atoms with Crippen molar-refractivity contribution in [1.82, 2.24) is 20.9 Å². The summed E-state index contributed by atoms with van der Waals surface area (Å²) in [7, 11) is 0. The lowest BCUT2D eigenvalue weighted by molar-refractivity contribution is -0.384. The molecule has 246 valence electrons. The van der Waals surface area contributed by atoms with Gasteiger partial charge >= 0.3 is 11.9 Å². The molecule has 0 bridgehead atoms. The molecular formula is C28H38N6O11. The van der Waals surface area contributed by atoms with Gasteiger partial charge in [0.2, 0.25) is 29.5 Å². The molecule has 17 nitrogen and oxygen atoms in total. The number of hydrogen-bond acceptors (Lipinski definition) is 9. The van der Waals surface area contributed by atoms with Crippen LogP contribution in [0.2, 0.25) is 0 Å². The maximum Gasteiger partial charge on any atom is 0.305 e. The summed E-state index contributed by atoms with van der Waals surface area (Å²) in [5, 5.41) is 39.3. The van der Waals surface area contributed by atoms with E-state index in [2.05, 4.69) is 21.3 Å². The molecule has 0 aliphatic carbocycles. The van der Waals surface area contributed by atoms with E-state index in [1.54, 1.807) is 13.8 Å². The van der Waals surface area contributed by atoms with Gasteiger partial charge in [0.05, 0.1) is 11.3 Å². The Morgan fingerprint density at radius 1 is 0.978 bits per heavy atom. The minimum atomic E-state index is -1.58. The van der Waals surface area contributed by atoms with Crippen molar-refractivity contribution >= 4 is 52.8 Å². The van der Waals surface area contributed by atoms with Crippen molar-refractivity contribution in [2.45, 2.75) is 83.5 Å². The number of nitrogens with one attached hydrogen (secondary N) is 4. The third-order valence-corrected chi connectivity index (χ3v) is 7.31. The number of carboxylic acids is 2. The Morgan fingerprint density at radius 3 is 2.16 bits per heavy atom. The molecule has 6 N–H and O–H groups in total. The van der Waals surface area contributed by atoms with Crippen LogP contribution >= 0.6 is 0 Å². The summed E-state index contributed by atoms with van der Waals surface area (Å²) in [6.07, 6.45) is -0.611. The molecule has 5 atom stereocenters. The fourth-order valence-corrected chi connectivity index (χ4v) is 4.76. The number of amides is 5. The molecule has 1 saturated heterocycles. The highest BCUT2D eigenvalue weighted by Crippen LogP contribution is 2.21. The van der Waals surface area contributed by atoms with E-state index in [4.69, 9.17) is 0 Å². The third-order valence-electron chi connectivity index (χ3n) is 7.31. The van der Waals surface area contributed by atoms with Crippen LogP contribution in [0.5, 0.6) is 0 Å². The smallest absolute Gasteiger partial charge is 0.305 e. The van der Waals surface area contributed by atoms with Crippen LogP contribution in [0.15, 0.2) is 24.3 Å². The lowest BCUT2D eigenvalue weighted by Gasteiger charge is -2.31. The lowest BCUT2D eigenvalue weighted by atomic mass is 9.97. The van der Waals surface area contributed by atoms with E-state index in [9.17, 15) is 53.9 Å². The van der Waals surface area contributed by atoms with E-state index in [0.29, 0.717) is 12.8 Å². The Balaban J connectivity index is 2.23. The van der Waals surface area contributed by atoms with Gasteiger partial charge in [-0.3, -0.25) is 43.7 Å². The van der Waals surface area contributed by atoms with Gasteiger partial charge in [-0.1, -0.05) is 20.3 Å². The Bertz CT molecular complexity index is 1300. The van der Waals surface area contributed by atoms with Crippen LogP contribution in [0.25, 0.3) is 0 Å². The van der Waals surface area contributed by atoms with E-state index in [1.165, 1.54) is 19.1 Å². The molecular weight excluding hydrogens is 596 g/mol. The van der Waals surface area contributed by atoms with Crippen molar-refractivity contribution in [3.8, 4) is 0 Å². The first-order valence-corrected chi connectivity index (χ1v) is 14.3. The second kappa shape index (κ2) is 16.7. The lowest BCUT2D eigenvalue weighted by Crippen LogP contribution is -2.58. The van der Waals surface area contributed by atoms with Crippen molar-refractivity contribution in [2.24, 2.45) is 5.92 Å². The Hall–Kier alpha value is -5.09. The minimum Gasteiger partial charge on any atom is -0.481 e. The van der Waals surface area contributed by atoms with E-state index in [-0.39, 0.29) is 36.7 Å². The number of aliphatic carboxylic acids is 2. The molecule has 0 aromatic heterocycles. The molecule has 5 amide bonds. The zero-order chi connectivity index (χ0) is 33.8. The van der Waals surface area contributed by atoms with Gasteiger partial charge in [0.15, 0.2) is 0 Å². The van der Waals surface area contributed by atoms with Gasteiger partial charge in [0.1, 0.15) is 24.2 Å². The van der Waals surface area contributed by atoms with Crippen molar-refractivity contribution in [3.63, 3.8) is 0 Å². The van der Waals surface area contributed by atoms with E-state index >= 15 is 0 Å². The average Bonchev–Trinajstić information content (AvgIpc) is 3.47. The first-order valence-electron chi connectivity index (χ1n) is 14.3. The highest BCUT2D eigenvalue weighted by Gasteiger charge is 2.40. The standard InChI is InChI=1S/C28H38N6O11/c1-4-15(2)24(29-16(3)35)27(42)31-19(11-12-22(36)37)28(43)33-13-5-6-21(33)26(41)32-20(14-23(38)39)25(40)30-17-7-9-18(10-8-17)34(44)45/h7-10,15,19-21,24H,4-6,11-14H2,1-3H3,(H,29,35)(H,30,40)(H,31,42)(H,32,41)(H,36,37)(H,38,39)/t15-,19+,20-,21+,24-/m0/s1. The van der Waals surface area contributed by atoms with Gasteiger partial charge in [0, 0.05) is 37.7 Å². The number of anilines is 1. The molecule has 0 spiro atoms. The molecule has 1 aliphatic heterocycles. The summed E-state index contributed by atoms with van der Waals surface area (Å²) in [4.78, 5) is 98.9. The number of non-ortho nitro benzene ring substituents is 1. The van der Waals surface area contributed by atoms with Crippen molar-refractivity contribution in [1.29, 1.82) is 0 Å². The summed E-state index contributed by atoms with van der Waals surface area (Å²) >= 11 is 0. The number of rotatable bonds is 16. The van der Waals surface area contributed by atoms with Crippen LogP contribution in [0.1, 0.15) is 59.3 Å². The molecule has 0 saturated carbocycles. The van der Waals surface area contributed by atoms with Crippen molar-refractivity contribution < 1.29 is 48.7 Å². The van der Waals surface area contributed by atoms with Gasteiger partial charge in [-0.2, -0.15) is 0 Å². The SMILES string of the molecule is CC[C@H](C)[C@H](NC(C)=O)C(=O)N[C@H](CCC(=O)O)C(=O)N1CCC[C@@H]1C(=O)N[C@@H](CC(=O)O)C(=O)Nc1ccc([N+](=O)[O-])cc1. The molecule has 1 aromatic rings.